The van der Waals surface area contributed by atoms with Crippen molar-refractivity contribution in [1.29, 1.82) is 5.26 Å². The van der Waals surface area contributed by atoms with Crippen LogP contribution >= 0.6 is 11.6 Å². The lowest BCUT2D eigenvalue weighted by atomic mass is 10.2. The number of hydrogen-bond acceptors (Lipinski definition) is 4. The van der Waals surface area contributed by atoms with Crippen molar-refractivity contribution < 1.29 is 14.3 Å². The van der Waals surface area contributed by atoms with Gasteiger partial charge in [0.1, 0.15) is 17.6 Å². The standard InChI is InChI=1S/C14H8ClNO3/c15-11-3-1-2-9(6-11)13-5-4-12(19-13)7-10(8-16)14(17)18/h1-7H,(H,17,18)/p-1/b10-7-. The number of halogens is 1. The fraction of sp³-hybridized carbons (Fsp3) is 0. The summed E-state index contributed by atoms with van der Waals surface area (Å²) in [5.41, 5.74) is 0.270. The van der Waals surface area contributed by atoms with Crippen LogP contribution < -0.4 is 5.11 Å². The number of nitrogens with zero attached hydrogens (tertiary/aromatic N) is 1. The number of hydrogen-bond donors (Lipinski definition) is 0. The summed E-state index contributed by atoms with van der Waals surface area (Å²) in [5, 5.41) is 19.8. The second-order valence-electron chi connectivity index (χ2n) is 3.67. The van der Waals surface area contributed by atoms with E-state index in [0.717, 1.165) is 11.6 Å². The van der Waals surface area contributed by atoms with E-state index in [0.29, 0.717) is 10.8 Å². The molecule has 0 atom stereocenters. The topological polar surface area (TPSA) is 77.1 Å². The molecule has 0 saturated heterocycles. The number of carboxylic acids is 1. The Hall–Kier alpha value is -2.51. The lowest BCUT2D eigenvalue weighted by Crippen LogP contribution is -2.23. The van der Waals surface area contributed by atoms with Crippen molar-refractivity contribution >= 4 is 23.6 Å². The van der Waals surface area contributed by atoms with Crippen molar-refractivity contribution in [2.75, 3.05) is 0 Å². The Bertz CT molecular complexity index is 695. The number of carboxylic acid groups (broad SMARTS) is 1. The van der Waals surface area contributed by atoms with Crippen molar-refractivity contribution in [3.63, 3.8) is 0 Å². The summed E-state index contributed by atoms with van der Waals surface area (Å²) in [7, 11) is 0. The molecule has 1 aromatic carbocycles. The zero-order valence-corrected chi connectivity index (χ0v) is 10.3. The average Bonchev–Trinajstić information content (AvgIpc) is 2.84. The molecule has 0 fully saturated rings. The summed E-state index contributed by atoms with van der Waals surface area (Å²) >= 11 is 5.87. The van der Waals surface area contributed by atoms with Crippen LogP contribution in [0.15, 0.2) is 46.4 Å². The van der Waals surface area contributed by atoms with Gasteiger partial charge in [0.05, 0.1) is 11.5 Å². The fourth-order valence-corrected chi connectivity index (χ4v) is 1.70. The van der Waals surface area contributed by atoms with E-state index in [-0.39, 0.29) is 5.76 Å². The third-order valence-electron chi connectivity index (χ3n) is 2.36. The maximum absolute atomic E-state index is 10.6. The zero-order chi connectivity index (χ0) is 13.8. The number of nitriles is 1. The molecule has 0 amide bonds. The Balaban J connectivity index is 2.35. The van der Waals surface area contributed by atoms with E-state index >= 15 is 0 Å². The van der Waals surface area contributed by atoms with Gasteiger partial charge in [-0.15, -0.1) is 0 Å². The molecule has 2 rings (SSSR count). The second kappa shape index (κ2) is 5.42. The lowest BCUT2D eigenvalue weighted by molar-refractivity contribution is -0.298. The van der Waals surface area contributed by atoms with Crippen LogP contribution in [0.2, 0.25) is 5.02 Å². The fourth-order valence-electron chi connectivity index (χ4n) is 1.51. The first-order valence-electron chi connectivity index (χ1n) is 5.29. The third-order valence-corrected chi connectivity index (χ3v) is 2.60. The quantitative estimate of drug-likeness (QED) is 0.634. The van der Waals surface area contributed by atoms with Crippen LogP contribution in [0, 0.1) is 11.3 Å². The van der Waals surface area contributed by atoms with Gasteiger partial charge in [-0.05, 0) is 24.3 Å². The molecular formula is C14H7ClNO3-. The first-order valence-corrected chi connectivity index (χ1v) is 5.67. The van der Waals surface area contributed by atoms with Crippen LogP contribution in [-0.2, 0) is 4.79 Å². The normalized spacial score (nSPS) is 11.1. The number of carbonyl (C=O) groups is 1. The average molecular weight is 273 g/mol. The number of furan rings is 1. The summed E-state index contributed by atoms with van der Waals surface area (Å²) in [6, 6.07) is 11.8. The van der Waals surface area contributed by atoms with Crippen molar-refractivity contribution in [1.82, 2.24) is 0 Å². The highest BCUT2D eigenvalue weighted by atomic mass is 35.5. The minimum Gasteiger partial charge on any atom is -0.544 e. The molecule has 0 N–H and O–H groups in total. The van der Waals surface area contributed by atoms with Crippen LogP contribution in [0.4, 0.5) is 0 Å². The molecule has 0 unspecified atom stereocenters. The highest BCUT2D eigenvalue weighted by molar-refractivity contribution is 6.30. The molecule has 0 aliphatic carbocycles. The van der Waals surface area contributed by atoms with Crippen LogP contribution in [0.5, 0.6) is 0 Å². The maximum Gasteiger partial charge on any atom is 0.134 e. The van der Waals surface area contributed by atoms with Gasteiger partial charge in [-0.3, -0.25) is 0 Å². The van der Waals surface area contributed by atoms with Gasteiger partial charge in [-0.2, -0.15) is 5.26 Å². The van der Waals surface area contributed by atoms with Gasteiger partial charge < -0.3 is 14.3 Å². The molecule has 1 heterocycles. The highest BCUT2D eigenvalue weighted by Crippen LogP contribution is 2.25. The molecule has 94 valence electrons. The number of benzene rings is 1. The molecule has 0 aliphatic heterocycles. The summed E-state index contributed by atoms with van der Waals surface area (Å²) in [4.78, 5) is 10.6. The van der Waals surface area contributed by atoms with Crippen molar-refractivity contribution in [3.8, 4) is 17.4 Å². The minimum atomic E-state index is -1.54. The Labute approximate surface area is 114 Å². The number of rotatable bonds is 3. The maximum atomic E-state index is 10.6. The van der Waals surface area contributed by atoms with Crippen molar-refractivity contribution in [2.45, 2.75) is 0 Å². The molecular weight excluding hydrogens is 266 g/mol. The van der Waals surface area contributed by atoms with E-state index < -0.39 is 11.5 Å². The van der Waals surface area contributed by atoms with E-state index in [1.807, 2.05) is 6.07 Å². The predicted octanol–water partition coefficient (Wildman–Crippen LogP) is 2.26. The Morgan fingerprint density at radius 3 is 2.79 bits per heavy atom. The molecule has 5 heteroatoms. The highest BCUT2D eigenvalue weighted by Gasteiger charge is 2.05. The number of aliphatic carboxylic acids is 1. The summed E-state index contributed by atoms with van der Waals surface area (Å²) in [6.45, 7) is 0. The van der Waals surface area contributed by atoms with E-state index in [1.54, 1.807) is 30.3 Å². The van der Waals surface area contributed by atoms with Crippen LogP contribution in [0.1, 0.15) is 5.76 Å². The number of carbonyl (C=O) groups excluding carboxylic acids is 1. The molecule has 0 radical (unpaired) electrons. The molecule has 0 bridgehead atoms. The Morgan fingerprint density at radius 1 is 1.37 bits per heavy atom. The van der Waals surface area contributed by atoms with E-state index in [4.69, 9.17) is 21.3 Å². The van der Waals surface area contributed by atoms with Gasteiger partial charge in [0.2, 0.25) is 0 Å². The van der Waals surface area contributed by atoms with E-state index in [2.05, 4.69) is 0 Å². The van der Waals surface area contributed by atoms with Crippen molar-refractivity contribution in [2.24, 2.45) is 0 Å². The zero-order valence-electron chi connectivity index (χ0n) is 9.59. The molecule has 1 aromatic heterocycles. The summed E-state index contributed by atoms with van der Waals surface area (Å²) in [5.74, 6) is -0.747. The monoisotopic (exact) mass is 272 g/mol. The van der Waals surface area contributed by atoms with Gasteiger partial charge in [0, 0.05) is 16.7 Å². The third kappa shape index (κ3) is 3.03. The van der Waals surface area contributed by atoms with Gasteiger partial charge in [0.15, 0.2) is 0 Å². The van der Waals surface area contributed by atoms with Gasteiger partial charge in [-0.25, -0.2) is 0 Å². The van der Waals surface area contributed by atoms with Crippen LogP contribution in [0.3, 0.4) is 0 Å². The van der Waals surface area contributed by atoms with Gasteiger partial charge in [-0.1, -0.05) is 23.7 Å². The van der Waals surface area contributed by atoms with E-state index in [9.17, 15) is 9.90 Å². The Morgan fingerprint density at radius 2 is 2.16 bits per heavy atom. The van der Waals surface area contributed by atoms with Gasteiger partial charge >= 0.3 is 0 Å². The predicted molar refractivity (Wildman–Crippen MR) is 67.8 cm³/mol. The molecule has 2 aromatic rings. The Kier molecular flexibility index (Phi) is 3.69. The second-order valence-corrected chi connectivity index (χ2v) is 4.11. The van der Waals surface area contributed by atoms with Crippen LogP contribution in [0.25, 0.3) is 17.4 Å². The van der Waals surface area contributed by atoms with Crippen molar-refractivity contribution in [3.05, 3.63) is 52.8 Å². The summed E-state index contributed by atoms with van der Waals surface area (Å²) in [6.07, 6.45) is 1.11. The lowest BCUT2D eigenvalue weighted by Gasteiger charge is -1.98. The SMILES string of the molecule is N#C/C(=C/c1ccc(-c2cccc(Cl)c2)o1)C(=O)[O-]. The minimum absolute atomic E-state index is 0.260. The first kappa shape index (κ1) is 12.9. The molecule has 0 saturated carbocycles. The largest absolute Gasteiger partial charge is 0.544 e. The smallest absolute Gasteiger partial charge is 0.134 e. The molecule has 0 aliphatic rings. The van der Waals surface area contributed by atoms with E-state index in [1.165, 1.54) is 6.07 Å². The van der Waals surface area contributed by atoms with Gasteiger partial charge in [0.25, 0.3) is 0 Å². The first-order chi connectivity index (χ1) is 9.10. The summed E-state index contributed by atoms with van der Waals surface area (Å²) < 4.78 is 5.43. The molecule has 0 spiro atoms. The molecule has 19 heavy (non-hydrogen) atoms. The molecule has 4 nitrogen and oxygen atoms in total. The van der Waals surface area contributed by atoms with Crippen LogP contribution in [-0.4, -0.2) is 5.97 Å².